The fourth-order valence-electron chi connectivity index (χ4n) is 3.15. The van der Waals surface area contributed by atoms with Crippen molar-refractivity contribution in [3.8, 4) is 0 Å². The lowest BCUT2D eigenvalue weighted by Gasteiger charge is -2.31. The maximum atomic E-state index is 11.5. The lowest BCUT2D eigenvalue weighted by molar-refractivity contribution is 0.0790. The highest BCUT2D eigenvalue weighted by molar-refractivity contribution is 7.90. The molecule has 0 radical (unpaired) electrons. The van der Waals surface area contributed by atoms with E-state index in [4.69, 9.17) is 0 Å². The van der Waals surface area contributed by atoms with E-state index in [0.717, 1.165) is 11.5 Å². The molecule has 5 heteroatoms. The molecule has 0 spiro atoms. The third-order valence-corrected chi connectivity index (χ3v) is 6.05. The molecular formula is C17H25NO3S. The Morgan fingerprint density at radius 2 is 1.77 bits per heavy atom. The Labute approximate surface area is 133 Å². The van der Waals surface area contributed by atoms with E-state index < -0.39 is 15.9 Å². The molecule has 3 rings (SSSR count). The van der Waals surface area contributed by atoms with Gasteiger partial charge in [0.2, 0.25) is 0 Å². The van der Waals surface area contributed by atoms with Gasteiger partial charge in [-0.25, -0.2) is 8.42 Å². The number of benzene rings is 1. The molecule has 0 heterocycles. The van der Waals surface area contributed by atoms with Crippen molar-refractivity contribution in [1.82, 2.24) is 4.90 Å². The topological polar surface area (TPSA) is 57.6 Å². The summed E-state index contributed by atoms with van der Waals surface area (Å²) in [7, 11) is -3.18. The Balaban J connectivity index is 1.68. The Morgan fingerprint density at radius 3 is 2.23 bits per heavy atom. The van der Waals surface area contributed by atoms with Crippen molar-refractivity contribution in [2.45, 2.75) is 55.7 Å². The van der Waals surface area contributed by atoms with Gasteiger partial charge >= 0.3 is 0 Å². The summed E-state index contributed by atoms with van der Waals surface area (Å²) in [5.74, 6) is 0.792. The molecule has 1 N–H and O–H groups in total. The molecule has 2 aliphatic rings. The van der Waals surface area contributed by atoms with Crippen LogP contribution in [0.5, 0.6) is 0 Å². The van der Waals surface area contributed by atoms with Gasteiger partial charge in [0, 0.05) is 24.9 Å². The third-order valence-electron chi connectivity index (χ3n) is 4.92. The molecule has 1 aromatic carbocycles. The van der Waals surface area contributed by atoms with Crippen molar-refractivity contribution >= 4 is 9.84 Å². The molecular weight excluding hydrogens is 298 g/mol. The van der Waals surface area contributed by atoms with Crippen LogP contribution in [0.4, 0.5) is 0 Å². The van der Waals surface area contributed by atoms with Crippen molar-refractivity contribution in [2.24, 2.45) is 5.92 Å². The minimum Gasteiger partial charge on any atom is -0.387 e. The van der Waals surface area contributed by atoms with E-state index in [9.17, 15) is 13.5 Å². The Kier molecular flexibility index (Phi) is 4.32. The van der Waals surface area contributed by atoms with E-state index in [1.54, 1.807) is 24.3 Å². The minimum absolute atomic E-state index is 0.300. The number of sulfone groups is 1. The summed E-state index contributed by atoms with van der Waals surface area (Å²) in [6, 6.07) is 7.79. The first-order valence-electron chi connectivity index (χ1n) is 8.10. The molecule has 1 aromatic rings. The summed E-state index contributed by atoms with van der Waals surface area (Å²) in [6.45, 7) is 2.91. The maximum Gasteiger partial charge on any atom is 0.175 e. The standard InChI is InChI=1S/C17H25NO3S/c1-12(13-3-4-13)18(15-7-8-15)11-17(19)14-5-9-16(10-6-14)22(2,20)21/h5-6,9-10,12-13,15,17,19H,3-4,7-8,11H2,1-2H3. The highest BCUT2D eigenvalue weighted by atomic mass is 32.2. The minimum atomic E-state index is -3.18. The highest BCUT2D eigenvalue weighted by Gasteiger charge is 2.39. The van der Waals surface area contributed by atoms with Gasteiger partial charge < -0.3 is 5.11 Å². The average molecular weight is 323 g/mol. The fourth-order valence-corrected chi connectivity index (χ4v) is 3.78. The molecule has 0 saturated heterocycles. The average Bonchev–Trinajstić information content (AvgIpc) is 3.35. The first-order chi connectivity index (χ1) is 10.4. The number of hydrogen-bond acceptors (Lipinski definition) is 4. The van der Waals surface area contributed by atoms with Crippen LogP contribution in [0, 0.1) is 5.92 Å². The van der Waals surface area contributed by atoms with Crippen molar-refractivity contribution in [3.63, 3.8) is 0 Å². The molecule has 122 valence electrons. The predicted octanol–water partition coefficient (Wildman–Crippen LogP) is 2.39. The molecule has 4 nitrogen and oxygen atoms in total. The smallest absolute Gasteiger partial charge is 0.175 e. The normalized spacial score (nSPS) is 21.8. The fraction of sp³-hybridized carbons (Fsp3) is 0.647. The van der Waals surface area contributed by atoms with E-state index in [1.807, 2.05) is 0 Å². The summed E-state index contributed by atoms with van der Waals surface area (Å²) in [5, 5.41) is 10.5. The zero-order chi connectivity index (χ0) is 15.9. The number of aliphatic hydroxyl groups is 1. The molecule has 2 fully saturated rings. The number of nitrogens with zero attached hydrogens (tertiary/aromatic N) is 1. The molecule has 0 aromatic heterocycles. The van der Waals surface area contributed by atoms with Gasteiger partial charge in [-0.15, -0.1) is 0 Å². The molecule has 2 aliphatic carbocycles. The van der Waals surface area contributed by atoms with Gasteiger partial charge in [-0.1, -0.05) is 12.1 Å². The van der Waals surface area contributed by atoms with Gasteiger partial charge in [-0.05, 0) is 56.2 Å². The highest BCUT2D eigenvalue weighted by Crippen LogP contribution is 2.40. The van der Waals surface area contributed by atoms with Crippen molar-refractivity contribution in [1.29, 1.82) is 0 Å². The van der Waals surface area contributed by atoms with Crippen LogP contribution in [-0.2, 0) is 9.84 Å². The zero-order valence-corrected chi connectivity index (χ0v) is 14.1. The van der Waals surface area contributed by atoms with E-state index in [0.29, 0.717) is 23.5 Å². The summed E-state index contributed by atoms with van der Waals surface area (Å²) in [6.07, 6.45) is 5.72. The van der Waals surface area contributed by atoms with Crippen LogP contribution in [0.3, 0.4) is 0 Å². The molecule has 0 bridgehead atoms. The zero-order valence-electron chi connectivity index (χ0n) is 13.3. The van der Waals surface area contributed by atoms with Gasteiger partial charge in [0.1, 0.15) is 0 Å². The monoisotopic (exact) mass is 323 g/mol. The number of hydrogen-bond donors (Lipinski definition) is 1. The maximum absolute atomic E-state index is 11.5. The van der Waals surface area contributed by atoms with Crippen molar-refractivity contribution < 1.29 is 13.5 Å². The second-order valence-electron chi connectivity index (χ2n) is 6.86. The molecule has 2 atom stereocenters. The lowest BCUT2D eigenvalue weighted by atomic mass is 10.1. The van der Waals surface area contributed by atoms with Crippen LogP contribution in [0.2, 0.25) is 0 Å². The van der Waals surface area contributed by atoms with Crippen LogP contribution in [0.1, 0.15) is 44.3 Å². The predicted molar refractivity (Wildman–Crippen MR) is 86.4 cm³/mol. The summed E-state index contributed by atoms with van der Waals surface area (Å²) < 4.78 is 23.0. The Bertz CT molecular complexity index is 618. The quantitative estimate of drug-likeness (QED) is 0.837. The van der Waals surface area contributed by atoms with Crippen LogP contribution in [-0.4, -0.2) is 43.3 Å². The lowest BCUT2D eigenvalue weighted by Crippen LogP contribution is -2.39. The molecule has 2 saturated carbocycles. The Hall–Kier alpha value is -0.910. The van der Waals surface area contributed by atoms with E-state index in [2.05, 4.69) is 11.8 Å². The Morgan fingerprint density at radius 1 is 1.18 bits per heavy atom. The first kappa shape index (κ1) is 16.0. The SMILES string of the molecule is CC(C1CC1)N(CC(O)c1ccc(S(C)(=O)=O)cc1)C1CC1. The third kappa shape index (κ3) is 3.70. The summed E-state index contributed by atoms with van der Waals surface area (Å²) in [5.41, 5.74) is 0.793. The molecule has 22 heavy (non-hydrogen) atoms. The van der Waals surface area contributed by atoms with Gasteiger partial charge in [0.05, 0.1) is 11.0 Å². The van der Waals surface area contributed by atoms with E-state index >= 15 is 0 Å². The second-order valence-corrected chi connectivity index (χ2v) is 8.88. The van der Waals surface area contributed by atoms with Gasteiger partial charge in [-0.3, -0.25) is 4.90 Å². The van der Waals surface area contributed by atoms with E-state index in [1.165, 1.54) is 31.9 Å². The van der Waals surface area contributed by atoms with Crippen LogP contribution in [0.25, 0.3) is 0 Å². The molecule has 0 aliphatic heterocycles. The van der Waals surface area contributed by atoms with Crippen LogP contribution in [0.15, 0.2) is 29.2 Å². The van der Waals surface area contributed by atoms with Gasteiger partial charge in [0.25, 0.3) is 0 Å². The number of aliphatic hydroxyl groups excluding tert-OH is 1. The number of rotatable bonds is 7. The van der Waals surface area contributed by atoms with Crippen molar-refractivity contribution in [3.05, 3.63) is 29.8 Å². The van der Waals surface area contributed by atoms with Crippen LogP contribution < -0.4 is 0 Å². The van der Waals surface area contributed by atoms with Crippen LogP contribution >= 0.6 is 0 Å². The van der Waals surface area contributed by atoms with E-state index in [-0.39, 0.29) is 0 Å². The summed E-state index contributed by atoms with van der Waals surface area (Å²) in [4.78, 5) is 2.75. The molecule has 0 amide bonds. The van der Waals surface area contributed by atoms with Gasteiger partial charge in [0.15, 0.2) is 9.84 Å². The second kappa shape index (κ2) is 5.95. The summed E-state index contributed by atoms with van der Waals surface area (Å²) >= 11 is 0. The largest absolute Gasteiger partial charge is 0.387 e. The van der Waals surface area contributed by atoms with Crippen molar-refractivity contribution in [2.75, 3.05) is 12.8 Å². The first-order valence-corrected chi connectivity index (χ1v) is 9.99. The molecule has 2 unspecified atom stereocenters. The van der Waals surface area contributed by atoms with Gasteiger partial charge in [-0.2, -0.15) is 0 Å².